The maximum absolute atomic E-state index is 12.6. The molecule has 8 heteroatoms. The lowest BCUT2D eigenvalue weighted by Gasteiger charge is -2.20. The Labute approximate surface area is 164 Å². The molecule has 0 unspecified atom stereocenters. The average molecular weight is 392 g/mol. The van der Waals surface area contributed by atoms with E-state index in [-0.39, 0.29) is 23.3 Å². The number of amides is 1. The highest BCUT2D eigenvalue weighted by molar-refractivity contribution is 5.98. The normalized spacial score (nSPS) is 16.1. The molecule has 0 aromatic carbocycles. The highest BCUT2D eigenvalue weighted by Gasteiger charge is 2.26. The molecule has 1 N–H and O–H groups in total. The van der Waals surface area contributed by atoms with Crippen LogP contribution in [0, 0.1) is 5.92 Å². The van der Waals surface area contributed by atoms with Crippen LogP contribution >= 0.6 is 0 Å². The molecule has 2 atom stereocenters. The summed E-state index contributed by atoms with van der Waals surface area (Å²) in [6, 6.07) is 0.592. The summed E-state index contributed by atoms with van der Waals surface area (Å²) in [5.74, 6) is -1.10. The molecule has 0 bridgehead atoms. The van der Waals surface area contributed by atoms with Gasteiger partial charge in [0.1, 0.15) is 6.04 Å². The standard InChI is InChI=1S/C20H28N2O6/c1-12(11-15-7-5-6-8-15)27-20(25)13(2)22-19(24)17-18(28-14(3)23)16(26-4)9-10-21-17/h9-10,12-13,15H,5-8,11H2,1-4H3,(H,22,24)/t12-,13-/m0/s1. The summed E-state index contributed by atoms with van der Waals surface area (Å²) in [6.07, 6.45) is 6.80. The minimum absolute atomic E-state index is 0.0924. The molecule has 1 aliphatic carbocycles. The van der Waals surface area contributed by atoms with Gasteiger partial charge in [0.2, 0.25) is 5.75 Å². The minimum atomic E-state index is -0.878. The second-order valence-corrected chi connectivity index (χ2v) is 7.11. The van der Waals surface area contributed by atoms with Gasteiger partial charge in [-0.1, -0.05) is 25.7 Å². The Morgan fingerprint density at radius 2 is 1.93 bits per heavy atom. The van der Waals surface area contributed by atoms with Crippen molar-refractivity contribution in [3.8, 4) is 11.5 Å². The van der Waals surface area contributed by atoms with E-state index >= 15 is 0 Å². The van der Waals surface area contributed by atoms with Gasteiger partial charge in [-0.15, -0.1) is 0 Å². The predicted molar refractivity (Wildman–Crippen MR) is 101 cm³/mol. The van der Waals surface area contributed by atoms with E-state index in [1.54, 1.807) is 0 Å². The van der Waals surface area contributed by atoms with Crippen LogP contribution in [0.15, 0.2) is 12.3 Å². The van der Waals surface area contributed by atoms with Crippen molar-refractivity contribution >= 4 is 17.8 Å². The van der Waals surface area contributed by atoms with Crippen LogP contribution in [0.4, 0.5) is 0 Å². The largest absolute Gasteiger partial charge is 0.493 e. The van der Waals surface area contributed by atoms with Crippen LogP contribution < -0.4 is 14.8 Å². The van der Waals surface area contributed by atoms with Gasteiger partial charge in [-0.2, -0.15) is 0 Å². The summed E-state index contributed by atoms with van der Waals surface area (Å²) < 4.78 is 15.6. The molecule has 28 heavy (non-hydrogen) atoms. The fourth-order valence-electron chi connectivity index (χ4n) is 3.38. The van der Waals surface area contributed by atoms with Gasteiger partial charge in [0.25, 0.3) is 5.91 Å². The van der Waals surface area contributed by atoms with E-state index in [0.717, 1.165) is 6.42 Å². The smallest absolute Gasteiger partial charge is 0.328 e. The Bertz CT molecular complexity index is 715. The van der Waals surface area contributed by atoms with E-state index in [1.807, 2.05) is 6.92 Å². The summed E-state index contributed by atoms with van der Waals surface area (Å²) in [6.45, 7) is 4.61. The van der Waals surface area contributed by atoms with Gasteiger partial charge in [-0.05, 0) is 26.2 Å². The highest BCUT2D eigenvalue weighted by Crippen LogP contribution is 2.30. The molecule has 1 aromatic heterocycles. The third-order valence-corrected chi connectivity index (χ3v) is 4.71. The Balaban J connectivity index is 1.99. The fraction of sp³-hybridized carbons (Fsp3) is 0.600. The van der Waals surface area contributed by atoms with Crippen LogP contribution in [0.25, 0.3) is 0 Å². The van der Waals surface area contributed by atoms with Crippen LogP contribution in [0.3, 0.4) is 0 Å². The molecule has 1 fully saturated rings. The number of aromatic nitrogens is 1. The number of nitrogens with zero attached hydrogens (tertiary/aromatic N) is 1. The van der Waals surface area contributed by atoms with Gasteiger partial charge in [0.05, 0.1) is 13.2 Å². The molecule has 8 nitrogen and oxygen atoms in total. The Hall–Kier alpha value is -2.64. The van der Waals surface area contributed by atoms with Gasteiger partial charge >= 0.3 is 11.9 Å². The molecule has 1 aliphatic rings. The molecule has 0 aliphatic heterocycles. The molecule has 1 amide bonds. The van der Waals surface area contributed by atoms with Gasteiger partial charge in [0, 0.05) is 19.2 Å². The number of hydrogen-bond donors (Lipinski definition) is 1. The van der Waals surface area contributed by atoms with Gasteiger partial charge in [0.15, 0.2) is 11.4 Å². The average Bonchev–Trinajstić information content (AvgIpc) is 3.13. The molecule has 1 heterocycles. The maximum Gasteiger partial charge on any atom is 0.328 e. The van der Waals surface area contributed by atoms with Gasteiger partial charge in [-0.25, -0.2) is 9.78 Å². The van der Waals surface area contributed by atoms with Crippen molar-refractivity contribution in [1.29, 1.82) is 0 Å². The summed E-state index contributed by atoms with van der Waals surface area (Å²) in [5.41, 5.74) is -0.145. The second-order valence-electron chi connectivity index (χ2n) is 7.11. The van der Waals surface area contributed by atoms with Crippen LogP contribution in [0.2, 0.25) is 0 Å². The minimum Gasteiger partial charge on any atom is -0.493 e. The summed E-state index contributed by atoms with van der Waals surface area (Å²) in [4.78, 5) is 40.2. The van der Waals surface area contributed by atoms with E-state index in [2.05, 4.69) is 10.3 Å². The van der Waals surface area contributed by atoms with Crippen LogP contribution in [-0.2, 0) is 14.3 Å². The zero-order chi connectivity index (χ0) is 20.7. The van der Waals surface area contributed by atoms with Crippen LogP contribution in [-0.4, -0.2) is 42.1 Å². The van der Waals surface area contributed by atoms with Crippen molar-refractivity contribution in [1.82, 2.24) is 10.3 Å². The van der Waals surface area contributed by atoms with E-state index in [0.29, 0.717) is 5.92 Å². The molecular formula is C20H28N2O6. The molecule has 2 rings (SSSR count). The zero-order valence-corrected chi connectivity index (χ0v) is 16.8. The van der Waals surface area contributed by atoms with Crippen molar-refractivity contribution in [3.05, 3.63) is 18.0 Å². The van der Waals surface area contributed by atoms with Crippen molar-refractivity contribution < 1.29 is 28.6 Å². The Morgan fingerprint density at radius 1 is 1.25 bits per heavy atom. The third-order valence-electron chi connectivity index (χ3n) is 4.71. The number of methoxy groups -OCH3 is 1. The Morgan fingerprint density at radius 3 is 2.54 bits per heavy atom. The van der Waals surface area contributed by atoms with Crippen molar-refractivity contribution in [3.63, 3.8) is 0 Å². The number of nitrogens with one attached hydrogen (secondary N) is 1. The summed E-state index contributed by atoms with van der Waals surface area (Å²) in [5, 5.41) is 2.54. The summed E-state index contributed by atoms with van der Waals surface area (Å²) >= 11 is 0. The first kappa shape index (κ1) is 21.7. The van der Waals surface area contributed by atoms with Gasteiger partial charge < -0.3 is 19.5 Å². The van der Waals surface area contributed by atoms with Crippen LogP contribution in [0.1, 0.15) is 63.4 Å². The maximum atomic E-state index is 12.6. The molecule has 1 aromatic rings. The zero-order valence-electron chi connectivity index (χ0n) is 16.8. The monoisotopic (exact) mass is 392 g/mol. The SMILES string of the molecule is COc1ccnc(C(=O)N[C@@H](C)C(=O)O[C@@H](C)CC2CCCC2)c1OC(C)=O. The lowest BCUT2D eigenvalue weighted by Crippen LogP contribution is -2.41. The first-order valence-corrected chi connectivity index (χ1v) is 9.54. The second kappa shape index (κ2) is 10.1. The topological polar surface area (TPSA) is 104 Å². The number of carbonyl (C=O) groups is 3. The molecule has 0 spiro atoms. The predicted octanol–water partition coefficient (Wildman–Crippen LogP) is 2.65. The molecule has 0 saturated heterocycles. The highest BCUT2D eigenvalue weighted by atomic mass is 16.6. The number of hydrogen-bond acceptors (Lipinski definition) is 7. The lowest BCUT2D eigenvalue weighted by atomic mass is 10.0. The third kappa shape index (κ3) is 5.94. The number of esters is 2. The molecule has 1 saturated carbocycles. The molecule has 0 radical (unpaired) electrons. The van der Waals surface area contributed by atoms with Crippen molar-refractivity contribution in [2.24, 2.45) is 5.92 Å². The van der Waals surface area contributed by atoms with Crippen LogP contribution in [0.5, 0.6) is 11.5 Å². The number of ether oxygens (including phenoxy) is 3. The van der Waals surface area contributed by atoms with E-state index in [9.17, 15) is 14.4 Å². The van der Waals surface area contributed by atoms with E-state index < -0.39 is 23.9 Å². The molecule has 154 valence electrons. The first-order chi connectivity index (χ1) is 13.3. The van der Waals surface area contributed by atoms with Crippen molar-refractivity contribution in [2.45, 2.75) is 65.0 Å². The quantitative estimate of drug-likeness (QED) is 0.678. The first-order valence-electron chi connectivity index (χ1n) is 9.54. The van der Waals surface area contributed by atoms with E-state index in [1.165, 1.54) is 58.9 Å². The number of pyridine rings is 1. The number of rotatable bonds is 8. The van der Waals surface area contributed by atoms with E-state index in [4.69, 9.17) is 14.2 Å². The van der Waals surface area contributed by atoms with Crippen molar-refractivity contribution in [2.75, 3.05) is 7.11 Å². The van der Waals surface area contributed by atoms with Gasteiger partial charge in [-0.3, -0.25) is 9.59 Å². The Kier molecular flexibility index (Phi) is 7.78. The number of carbonyl (C=O) groups excluding carboxylic acids is 3. The fourth-order valence-corrected chi connectivity index (χ4v) is 3.38. The molecular weight excluding hydrogens is 364 g/mol. The summed E-state index contributed by atoms with van der Waals surface area (Å²) in [7, 11) is 1.38. The lowest BCUT2D eigenvalue weighted by molar-refractivity contribution is -0.150.